The molecule has 1 aliphatic rings. The molecule has 0 aliphatic carbocycles. The van der Waals surface area contributed by atoms with Crippen LogP contribution in [0.4, 0.5) is 0 Å². The van der Waals surface area contributed by atoms with Crippen molar-refractivity contribution in [3.05, 3.63) is 38.8 Å². The molecular weight excluding hydrogens is 300 g/mol. The molecule has 1 saturated heterocycles. The van der Waals surface area contributed by atoms with Gasteiger partial charge in [0.25, 0.3) is 0 Å². The average Bonchev–Trinajstić information content (AvgIpc) is 2.99. The Bertz CT molecular complexity index is 482. The topological polar surface area (TPSA) is 29.3 Å². The minimum absolute atomic E-state index is 0.544. The highest BCUT2D eigenvalue weighted by Crippen LogP contribution is 2.37. The lowest BCUT2D eigenvalue weighted by atomic mass is 10.2. The smallest absolute Gasteiger partial charge is 0.124 e. The fourth-order valence-electron chi connectivity index (χ4n) is 2.37. The number of hydrogen-bond donors (Lipinski definition) is 0. The minimum atomic E-state index is 0.544. The molecule has 17 heavy (non-hydrogen) atoms. The van der Waals surface area contributed by atoms with E-state index < -0.39 is 0 Å². The van der Waals surface area contributed by atoms with E-state index in [2.05, 4.69) is 38.1 Å². The molecule has 0 radical (unpaired) electrons. The number of thiophene rings is 1. The Kier molecular flexibility index (Phi) is 3.31. The summed E-state index contributed by atoms with van der Waals surface area (Å²) in [6, 6.07) is 6.84. The SMILES string of the molecule is Brc1ccc(C2CCCN2Cc2ccon2)s1. The van der Waals surface area contributed by atoms with Crippen molar-refractivity contribution in [1.82, 2.24) is 10.1 Å². The summed E-state index contributed by atoms with van der Waals surface area (Å²) < 4.78 is 6.10. The molecule has 5 heteroatoms. The van der Waals surface area contributed by atoms with E-state index in [-0.39, 0.29) is 0 Å². The number of nitrogens with zero attached hydrogens (tertiary/aromatic N) is 2. The van der Waals surface area contributed by atoms with Gasteiger partial charge in [0.2, 0.25) is 0 Å². The minimum Gasteiger partial charge on any atom is -0.364 e. The Morgan fingerprint density at radius 2 is 2.41 bits per heavy atom. The normalized spacial score (nSPS) is 21.1. The van der Waals surface area contributed by atoms with Gasteiger partial charge < -0.3 is 4.52 Å². The molecule has 1 atom stereocenters. The van der Waals surface area contributed by atoms with Crippen LogP contribution in [0.5, 0.6) is 0 Å². The number of aromatic nitrogens is 1. The predicted octanol–water partition coefficient (Wildman–Crippen LogP) is 3.84. The molecule has 0 saturated carbocycles. The molecule has 0 bridgehead atoms. The Labute approximate surface area is 113 Å². The summed E-state index contributed by atoms with van der Waals surface area (Å²) in [5.74, 6) is 0. The van der Waals surface area contributed by atoms with Crippen molar-refractivity contribution in [3.8, 4) is 0 Å². The summed E-state index contributed by atoms with van der Waals surface area (Å²) in [7, 11) is 0. The van der Waals surface area contributed by atoms with Gasteiger partial charge in [-0.1, -0.05) is 5.16 Å². The van der Waals surface area contributed by atoms with E-state index in [0.29, 0.717) is 6.04 Å². The average molecular weight is 313 g/mol. The summed E-state index contributed by atoms with van der Waals surface area (Å²) in [6.45, 7) is 2.03. The summed E-state index contributed by atoms with van der Waals surface area (Å²) >= 11 is 5.36. The zero-order valence-corrected chi connectivity index (χ0v) is 11.7. The van der Waals surface area contributed by atoms with E-state index in [0.717, 1.165) is 18.8 Å². The second-order valence-corrected chi connectivity index (χ2v) is 6.76. The van der Waals surface area contributed by atoms with Crippen LogP contribution in [0.2, 0.25) is 0 Å². The van der Waals surface area contributed by atoms with Crippen LogP contribution in [0, 0.1) is 0 Å². The van der Waals surface area contributed by atoms with Crippen molar-refractivity contribution in [3.63, 3.8) is 0 Å². The Hall–Kier alpha value is -0.650. The highest BCUT2D eigenvalue weighted by Gasteiger charge is 2.27. The van der Waals surface area contributed by atoms with Crippen LogP contribution >= 0.6 is 27.3 Å². The van der Waals surface area contributed by atoms with Crippen molar-refractivity contribution in [2.45, 2.75) is 25.4 Å². The largest absolute Gasteiger partial charge is 0.364 e. The summed E-state index contributed by atoms with van der Waals surface area (Å²) in [4.78, 5) is 3.92. The van der Waals surface area contributed by atoms with Gasteiger partial charge in [-0.3, -0.25) is 4.90 Å². The van der Waals surface area contributed by atoms with Gasteiger partial charge in [0.15, 0.2) is 0 Å². The van der Waals surface area contributed by atoms with E-state index in [1.54, 1.807) is 6.26 Å². The van der Waals surface area contributed by atoms with Crippen LogP contribution in [-0.2, 0) is 6.54 Å². The predicted molar refractivity (Wildman–Crippen MR) is 70.9 cm³/mol. The lowest BCUT2D eigenvalue weighted by Gasteiger charge is -2.22. The van der Waals surface area contributed by atoms with Gasteiger partial charge in [-0.15, -0.1) is 11.3 Å². The zero-order valence-electron chi connectivity index (χ0n) is 9.30. The van der Waals surface area contributed by atoms with Crippen LogP contribution in [-0.4, -0.2) is 16.6 Å². The number of hydrogen-bond acceptors (Lipinski definition) is 4. The fourth-order valence-corrected chi connectivity index (χ4v) is 3.97. The van der Waals surface area contributed by atoms with E-state index in [4.69, 9.17) is 4.52 Å². The van der Waals surface area contributed by atoms with E-state index in [1.807, 2.05) is 17.4 Å². The molecule has 1 fully saturated rings. The van der Waals surface area contributed by atoms with Gasteiger partial charge in [-0.2, -0.15) is 0 Å². The summed E-state index contributed by atoms with van der Waals surface area (Å²) in [5.41, 5.74) is 1.02. The maximum absolute atomic E-state index is 4.89. The first-order valence-corrected chi connectivity index (χ1v) is 7.32. The summed E-state index contributed by atoms with van der Waals surface area (Å²) in [5, 5.41) is 3.99. The standard InChI is InChI=1S/C12H13BrN2OS/c13-12-4-3-11(17-12)10-2-1-6-15(10)8-9-5-7-16-14-9/h3-5,7,10H,1-2,6,8H2. The molecule has 90 valence electrons. The first kappa shape index (κ1) is 11.4. The second kappa shape index (κ2) is 4.92. The fraction of sp³-hybridized carbons (Fsp3) is 0.417. The third-order valence-corrected chi connectivity index (χ3v) is 4.87. The van der Waals surface area contributed by atoms with Crippen molar-refractivity contribution < 1.29 is 4.52 Å². The molecule has 3 rings (SSSR count). The highest BCUT2D eigenvalue weighted by molar-refractivity contribution is 9.11. The highest BCUT2D eigenvalue weighted by atomic mass is 79.9. The van der Waals surface area contributed by atoms with Crippen LogP contribution < -0.4 is 0 Å². The molecule has 0 amide bonds. The molecule has 2 aromatic rings. The molecule has 0 N–H and O–H groups in total. The van der Waals surface area contributed by atoms with Gasteiger partial charge in [-0.25, -0.2) is 0 Å². The first-order chi connectivity index (χ1) is 8.33. The van der Waals surface area contributed by atoms with Crippen LogP contribution in [0.15, 0.2) is 32.8 Å². The number of halogens is 1. The van der Waals surface area contributed by atoms with Gasteiger partial charge in [0.05, 0.1) is 9.48 Å². The molecular formula is C12H13BrN2OS. The molecule has 2 aromatic heterocycles. The van der Waals surface area contributed by atoms with Gasteiger partial charge in [-0.05, 0) is 47.4 Å². The Morgan fingerprint density at radius 1 is 1.47 bits per heavy atom. The lowest BCUT2D eigenvalue weighted by Crippen LogP contribution is -2.22. The van der Waals surface area contributed by atoms with Crippen molar-refractivity contribution in [1.29, 1.82) is 0 Å². The van der Waals surface area contributed by atoms with Crippen LogP contribution in [0.1, 0.15) is 29.5 Å². The maximum atomic E-state index is 4.89. The molecule has 3 nitrogen and oxygen atoms in total. The monoisotopic (exact) mass is 312 g/mol. The summed E-state index contributed by atoms with van der Waals surface area (Å²) in [6.07, 6.45) is 4.14. The Morgan fingerprint density at radius 3 is 3.12 bits per heavy atom. The quantitative estimate of drug-likeness (QED) is 0.862. The maximum Gasteiger partial charge on any atom is 0.124 e. The molecule has 1 unspecified atom stereocenters. The van der Waals surface area contributed by atoms with Gasteiger partial charge in [0, 0.05) is 23.5 Å². The van der Waals surface area contributed by atoms with E-state index in [1.165, 1.54) is 21.5 Å². The molecule has 1 aliphatic heterocycles. The lowest BCUT2D eigenvalue weighted by molar-refractivity contribution is 0.243. The van der Waals surface area contributed by atoms with Gasteiger partial charge in [0.1, 0.15) is 6.26 Å². The first-order valence-electron chi connectivity index (χ1n) is 5.71. The van der Waals surface area contributed by atoms with Crippen molar-refractivity contribution >= 4 is 27.3 Å². The zero-order chi connectivity index (χ0) is 11.7. The third-order valence-electron chi connectivity index (χ3n) is 3.14. The number of likely N-dealkylation sites (tertiary alicyclic amines) is 1. The molecule has 3 heterocycles. The van der Waals surface area contributed by atoms with E-state index in [9.17, 15) is 0 Å². The third kappa shape index (κ3) is 2.46. The Balaban J connectivity index is 1.76. The van der Waals surface area contributed by atoms with Crippen LogP contribution in [0.25, 0.3) is 0 Å². The number of rotatable bonds is 3. The molecule has 0 spiro atoms. The van der Waals surface area contributed by atoms with Crippen LogP contribution in [0.3, 0.4) is 0 Å². The second-order valence-electron chi connectivity index (χ2n) is 4.26. The van der Waals surface area contributed by atoms with Crippen molar-refractivity contribution in [2.24, 2.45) is 0 Å². The molecule has 0 aromatic carbocycles. The van der Waals surface area contributed by atoms with E-state index >= 15 is 0 Å². The van der Waals surface area contributed by atoms with Crippen molar-refractivity contribution in [2.75, 3.05) is 6.54 Å². The van der Waals surface area contributed by atoms with Gasteiger partial charge >= 0.3 is 0 Å².